The molecule has 2 aromatic rings. The molecule has 0 saturated carbocycles. The molecule has 32 heavy (non-hydrogen) atoms. The SMILES string of the molecule is COc1ccc(NC(=O)Cn2nc3n(c2=O)CCCCC3)cc1S(=O)(=O)N1CCOCC1. The predicted octanol–water partition coefficient (Wildman–Crippen LogP) is 0.439. The Morgan fingerprint density at radius 1 is 1.19 bits per heavy atom. The quantitative estimate of drug-likeness (QED) is 0.656. The molecule has 3 heterocycles. The van der Waals surface area contributed by atoms with Crippen LogP contribution in [0.1, 0.15) is 25.1 Å². The number of nitrogens with one attached hydrogen (secondary N) is 1. The first-order chi connectivity index (χ1) is 15.4. The number of sulfonamides is 1. The lowest BCUT2D eigenvalue weighted by Gasteiger charge is -2.26. The van der Waals surface area contributed by atoms with E-state index in [1.54, 1.807) is 10.6 Å². The maximum atomic E-state index is 13.1. The van der Waals surface area contributed by atoms with Gasteiger partial charge in [-0.1, -0.05) is 6.42 Å². The molecular weight excluding hydrogens is 438 g/mol. The Labute approximate surface area is 186 Å². The first-order valence-corrected chi connectivity index (χ1v) is 12.1. The maximum Gasteiger partial charge on any atom is 0.346 e. The molecule has 0 radical (unpaired) electrons. The number of nitrogens with zero attached hydrogens (tertiary/aromatic N) is 4. The van der Waals surface area contributed by atoms with Crippen molar-refractivity contribution in [2.24, 2.45) is 0 Å². The fraction of sp³-hybridized carbons (Fsp3) is 0.550. The molecular formula is C20H27N5O6S. The molecule has 1 fully saturated rings. The number of hydrogen-bond donors (Lipinski definition) is 1. The minimum absolute atomic E-state index is 0.0365. The maximum absolute atomic E-state index is 13.1. The number of fused-ring (bicyclic) bond motifs is 1. The zero-order chi connectivity index (χ0) is 22.7. The molecule has 0 spiro atoms. The lowest BCUT2D eigenvalue weighted by molar-refractivity contribution is -0.117. The molecule has 1 N–H and O–H groups in total. The summed E-state index contributed by atoms with van der Waals surface area (Å²) >= 11 is 0. The summed E-state index contributed by atoms with van der Waals surface area (Å²) in [5.41, 5.74) is -0.0150. The Balaban J connectivity index is 1.53. The second-order valence-electron chi connectivity index (χ2n) is 7.75. The molecule has 0 atom stereocenters. The largest absolute Gasteiger partial charge is 0.495 e. The van der Waals surface area contributed by atoms with Crippen LogP contribution in [-0.4, -0.2) is 66.4 Å². The van der Waals surface area contributed by atoms with E-state index in [4.69, 9.17) is 9.47 Å². The fourth-order valence-corrected chi connectivity index (χ4v) is 5.54. The third-order valence-electron chi connectivity index (χ3n) is 5.61. The van der Waals surface area contributed by atoms with E-state index in [0.717, 1.165) is 23.9 Å². The van der Waals surface area contributed by atoms with E-state index in [0.29, 0.717) is 32.0 Å². The molecule has 0 bridgehead atoms. The molecule has 12 heteroatoms. The zero-order valence-corrected chi connectivity index (χ0v) is 18.8. The predicted molar refractivity (Wildman–Crippen MR) is 115 cm³/mol. The first kappa shape index (κ1) is 22.5. The van der Waals surface area contributed by atoms with Crippen LogP contribution in [0.4, 0.5) is 5.69 Å². The molecule has 2 aliphatic rings. The molecule has 1 saturated heterocycles. The average molecular weight is 466 g/mol. The molecule has 1 aromatic carbocycles. The lowest BCUT2D eigenvalue weighted by atomic mass is 10.2. The smallest absolute Gasteiger partial charge is 0.346 e. The summed E-state index contributed by atoms with van der Waals surface area (Å²) in [6, 6.07) is 4.42. The highest BCUT2D eigenvalue weighted by Crippen LogP contribution is 2.30. The first-order valence-electron chi connectivity index (χ1n) is 10.6. The van der Waals surface area contributed by atoms with Gasteiger partial charge in [0.15, 0.2) is 0 Å². The highest BCUT2D eigenvalue weighted by molar-refractivity contribution is 7.89. The van der Waals surface area contributed by atoms with Crippen molar-refractivity contribution in [3.05, 3.63) is 34.5 Å². The van der Waals surface area contributed by atoms with Crippen LogP contribution in [0.25, 0.3) is 0 Å². The molecule has 11 nitrogen and oxygen atoms in total. The van der Waals surface area contributed by atoms with Gasteiger partial charge in [-0.05, 0) is 31.0 Å². The number of rotatable bonds is 6. The summed E-state index contributed by atoms with van der Waals surface area (Å²) in [6.07, 6.45) is 3.65. The van der Waals surface area contributed by atoms with Crippen LogP contribution in [0, 0.1) is 0 Å². The van der Waals surface area contributed by atoms with Crippen molar-refractivity contribution in [3.63, 3.8) is 0 Å². The topological polar surface area (TPSA) is 125 Å². The summed E-state index contributed by atoms with van der Waals surface area (Å²) in [4.78, 5) is 25.1. The number of aryl methyl sites for hydroxylation is 1. The molecule has 1 amide bonds. The van der Waals surface area contributed by atoms with Crippen molar-refractivity contribution in [1.82, 2.24) is 18.7 Å². The van der Waals surface area contributed by atoms with Crippen molar-refractivity contribution in [1.29, 1.82) is 0 Å². The van der Waals surface area contributed by atoms with E-state index < -0.39 is 15.9 Å². The van der Waals surface area contributed by atoms with E-state index in [9.17, 15) is 18.0 Å². The van der Waals surface area contributed by atoms with Gasteiger partial charge in [-0.25, -0.2) is 17.9 Å². The summed E-state index contributed by atoms with van der Waals surface area (Å²) in [5.74, 6) is 0.410. The van der Waals surface area contributed by atoms with Crippen molar-refractivity contribution in [2.75, 3.05) is 38.7 Å². The van der Waals surface area contributed by atoms with Crippen LogP contribution >= 0.6 is 0 Å². The summed E-state index contributed by atoms with van der Waals surface area (Å²) in [5, 5.41) is 6.98. The van der Waals surface area contributed by atoms with Gasteiger partial charge in [0.25, 0.3) is 0 Å². The van der Waals surface area contributed by atoms with Gasteiger partial charge in [0.1, 0.15) is 23.0 Å². The molecule has 0 aliphatic carbocycles. The number of carbonyl (C=O) groups is 1. The second kappa shape index (κ2) is 9.43. The lowest BCUT2D eigenvalue weighted by Crippen LogP contribution is -2.40. The normalized spacial score (nSPS) is 17.4. The van der Waals surface area contributed by atoms with Gasteiger partial charge < -0.3 is 14.8 Å². The number of morpholine rings is 1. The van der Waals surface area contributed by atoms with E-state index in [-0.39, 0.29) is 41.7 Å². The number of aromatic nitrogens is 3. The number of carbonyl (C=O) groups excluding carboxylic acids is 1. The molecule has 4 rings (SSSR count). The van der Waals surface area contributed by atoms with Gasteiger partial charge in [0.05, 0.1) is 20.3 Å². The van der Waals surface area contributed by atoms with Crippen LogP contribution in [-0.2, 0) is 39.1 Å². The highest BCUT2D eigenvalue weighted by Gasteiger charge is 2.29. The number of hydrogen-bond acceptors (Lipinski definition) is 7. The third-order valence-corrected chi connectivity index (χ3v) is 7.53. The Hall–Kier alpha value is -2.70. The molecule has 174 valence electrons. The zero-order valence-electron chi connectivity index (χ0n) is 17.9. The number of benzene rings is 1. The molecule has 1 aromatic heterocycles. The Bertz CT molecular complexity index is 1150. The standard InChI is InChI=1S/C20H27N5O6S/c1-30-16-7-6-15(13-17(16)32(28,29)23-9-11-31-12-10-23)21-19(26)14-25-20(27)24-8-4-2-3-5-18(24)22-25/h6-7,13H,2-5,8-12,14H2,1H3,(H,21,26). The van der Waals surface area contributed by atoms with Crippen molar-refractivity contribution in [3.8, 4) is 5.75 Å². The monoisotopic (exact) mass is 465 g/mol. The Kier molecular flexibility index (Phi) is 6.63. The average Bonchev–Trinajstić information content (AvgIpc) is 2.95. The van der Waals surface area contributed by atoms with Crippen LogP contribution in [0.3, 0.4) is 0 Å². The van der Waals surface area contributed by atoms with Crippen LogP contribution in [0.5, 0.6) is 5.75 Å². The molecule has 0 unspecified atom stereocenters. The van der Waals surface area contributed by atoms with Gasteiger partial charge in [-0.2, -0.15) is 9.40 Å². The van der Waals surface area contributed by atoms with Crippen LogP contribution in [0.15, 0.2) is 27.9 Å². The van der Waals surface area contributed by atoms with Crippen LogP contribution < -0.4 is 15.7 Å². The third kappa shape index (κ3) is 4.57. The van der Waals surface area contributed by atoms with E-state index >= 15 is 0 Å². The van der Waals surface area contributed by atoms with Gasteiger partial charge >= 0.3 is 5.69 Å². The van der Waals surface area contributed by atoms with Crippen molar-refractivity contribution < 1.29 is 22.7 Å². The second-order valence-corrected chi connectivity index (χ2v) is 9.66. The van der Waals surface area contributed by atoms with Gasteiger partial charge in [0, 0.05) is 31.7 Å². The number of methoxy groups -OCH3 is 1. The van der Waals surface area contributed by atoms with Gasteiger partial charge in [0.2, 0.25) is 15.9 Å². The summed E-state index contributed by atoms with van der Waals surface area (Å²) in [7, 11) is -2.44. The van der Waals surface area contributed by atoms with E-state index in [2.05, 4.69) is 10.4 Å². The fourth-order valence-electron chi connectivity index (χ4n) is 3.95. The minimum atomic E-state index is -3.83. The number of ether oxygens (including phenoxy) is 2. The van der Waals surface area contributed by atoms with Gasteiger partial charge in [-0.15, -0.1) is 0 Å². The summed E-state index contributed by atoms with van der Waals surface area (Å²) in [6.45, 7) is 1.49. The highest BCUT2D eigenvalue weighted by atomic mass is 32.2. The Morgan fingerprint density at radius 3 is 2.72 bits per heavy atom. The Morgan fingerprint density at radius 2 is 1.97 bits per heavy atom. The molecule has 2 aliphatic heterocycles. The summed E-state index contributed by atoms with van der Waals surface area (Å²) < 4.78 is 40.8. The minimum Gasteiger partial charge on any atom is -0.495 e. The van der Waals surface area contributed by atoms with Crippen molar-refractivity contribution in [2.45, 2.75) is 43.7 Å². The van der Waals surface area contributed by atoms with Crippen LogP contribution in [0.2, 0.25) is 0 Å². The number of anilines is 1. The van der Waals surface area contributed by atoms with E-state index in [1.165, 1.54) is 23.5 Å². The van der Waals surface area contributed by atoms with Crippen molar-refractivity contribution >= 4 is 21.6 Å². The van der Waals surface area contributed by atoms with Gasteiger partial charge in [-0.3, -0.25) is 9.36 Å². The number of amides is 1. The van der Waals surface area contributed by atoms with E-state index in [1.807, 2.05) is 0 Å².